The Kier molecular flexibility index (Phi) is 3.67. The van der Waals surface area contributed by atoms with Gasteiger partial charge in [-0.15, -0.1) is 0 Å². The van der Waals surface area contributed by atoms with Crippen molar-refractivity contribution in [3.63, 3.8) is 0 Å². The summed E-state index contributed by atoms with van der Waals surface area (Å²) in [5, 5.41) is 0. The van der Waals surface area contributed by atoms with Gasteiger partial charge in [0.25, 0.3) is 0 Å². The van der Waals surface area contributed by atoms with Crippen molar-refractivity contribution in [2.75, 3.05) is 0 Å². The van der Waals surface area contributed by atoms with E-state index in [-0.39, 0.29) is 6.10 Å². The van der Waals surface area contributed by atoms with Gasteiger partial charge in [-0.3, -0.25) is 0 Å². The number of nitrogens with zero attached hydrogens (tertiary/aromatic N) is 1. The minimum absolute atomic E-state index is 0.138. The van der Waals surface area contributed by atoms with Crippen LogP contribution in [0.2, 0.25) is 0 Å². The molecule has 4 rings (SSSR count). The van der Waals surface area contributed by atoms with E-state index in [0.29, 0.717) is 12.0 Å². The van der Waals surface area contributed by atoms with E-state index in [2.05, 4.69) is 42.5 Å². The Morgan fingerprint density at radius 1 is 0.818 bits per heavy atom. The number of ether oxygens (including phenoxy) is 1. The quantitative estimate of drug-likeness (QED) is 0.781. The largest absolute Gasteiger partial charge is 0.469 e. The highest BCUT2D eigenvalue weighted by molar-refractivity contribution is 5.94. The maximum absolute atomic E-state index is 6.38. The minimum atomic E-state index is 0.138. The first-order valence-electron chi connectivity index (χ1n) is 8.26. The molecule has 1 aliphatic carbocycles. The molecule has 112 valence electrons. The fraction of sp³-hybridized carbons (Fsp3) is 0.350. The molecule has 2 aromatic rings. The molecule has 1 fully saturated rings. The van der Waals surface area contributed by atoms with E-state index in [9.17, 15) is 0 Å². The van der Waals surface area contributed by atoms with Gasteiger partial charge in [-0.1, -0.05) is 61.4 Å². The Balaban J connectivity index is 1.72. The molecule has 2 aliphatic rings. The van der Waals surface area contributed by atoms with Crippen molar-refractivity contribution in [1.82, 2.24) is 0 Å². The summed E-state index contributed by atoms with van der Waals surface area (Å²) in [5.41, 5.74) is 2.37. The molecular formula is C20H21NO. The van der Waals surface area contributed by atoms with Gasteiger partial charge in [-0.2, -0.15) is 0 Å². The fourth-order valence-corrected chi connectivity index (χ4v) is 3.72. The van der Waals surface area contributed by atoms with Gasteiger partial charge in [-0.25, -0.2) is 4.99 Å². The predicted molar refractivity (Wildman–Crippen MR) is 89.0 cm³/mol. The second kappa shape index (κ2) is 5.96. The molecule has 1 heterocycles. The zero-order chi connectivity index (χ0) is 14.8. The lowest BCUT2D eigenvalue weighted by molar-refractivity contribution is 0.0638. The van der Waals surface area contributed by atoms with Crippen molar-refractivity contribution in [2.24, 2.45) is 10.9 Å². The van der Waals surface area contributed by atoms with Crippen molar-refractivity contribution >= 4 is 5.90 Å². The SMILES string of the molecule is c1ccc(C2=N[C@@H]3CCCC[C@H]3[C@@H](c3ccccc3)O2)cc1. The highest BCUT2D eigenvalue weighted by atomic mass is 16.5. The van der Waals surface area contributed by atoms with Gasteiger partial charge in [0.15, 0.2) is 0 Å². The normalized spacial score (nSPS) is 27.5. The summed E-state index contributed by atoms with van der Waals surface area (Å²) in [6, 6.07) is 21.3. The molecule has 2 heteroatoms. The van der Waals surface area contributed by atoms with E-state index in [0.717, 1.165) is 11.5 Å². The summed E-state index contributed by atoms with van der Waals surface area (Å²) in [7, 11) is 0. The van der Waals surface area contributed by atoms with E-state index in [1.807, 2.05) is 18.2 Å². The summed E-state index contributed by atoms with van der Waals surface area (Å²) in [5.74, 6) is 1.33. The third-order valence-corrected chi connectivity index (χ3v) is 4.84. The van der Waals surface area contributed by atoms with Gasteiger partial charge in [0, 0.05) is 11.5 Å². The van der Waals surface area contributed by atoms with Gasteiger partial charge in [0.2, 0.25) is 5.90 Å². The Hall–Kier alpha value is -2.09. The topological polar surface area (TPSA) is 21.6 Å². The molecule has 0 saturated heterocycles. The van der Waals surface area contributed by atoms with Crippen LogP contribution < -0.4 is 0 Å². The zero-order valence-corrected chi connectivity index (χ0v) is 12.7. The summed E-state index contributed by atoms with van der Waals surface area (Å²) >= 11 is 0. The highest BCUT2D eigenvalue weighted by Gasteiger charge is 2.38. The van der Waals surface area contributed by atoms with Gasteiger partial charge >= 0.3 is 0 Å². The van der Waals surface area contributed by atoms with E-state index < -0.39 is 0 Å². The van der Waals surface area contributed by atoms with E-state index in [1.54, 1.807) is 0 Å². The Morgan fingerprint density at radius 3 is 2.27 bits per heavy atom. The molecule has 0 aromatic heterocycles. The van der Waals surface area contributed by atoms with Crippen LogP contribution in [0.15, 0.2) is 65.7 Å². The van der Waals surface area contributed by atoms with Crippen LogP contribution in [-0.2, 0) is 4.74 Å². The third kappa shape index (κ3) is 2.54. The Bertz CT molecular complexity index is 650. The van der Waals surface area contributed by atoms with Crippen molar-refractivity contribution in [3.8, 4) is 0 Å². The smallest absolute Gasteiger partial charge is 0.216 e. The van der Waals surface area contributed by atoms with Crippen LogP contribution in [0, 0.1) is 5.92 Å². The monoisotopic (exact) mass is 291 g/mol. The van der Waals surface area contributed by atoms with Gasteiger partial charge in [0.1, 0.15) is 6.10 Å². The molecule has 22 heavy (non-hydrogen) atoms. The highest BCUT2D eigenvalue weighted by Crippen LogP contribution is 2.42. The molecule has 0 bridgehead atoms. The summed E-state index contributed by atoms with van der Waals surface area (Å²) in [4.78, 5) is 4.94. The van der Waals surface area contributed by atoms with Crippen LogP contribution >= 0.6 is 0 Å². The van der Waals surface area contributed by atoms with Crippen LogP contribution in [0.3, 0.4) is 0 Å². The number of fused-ring (bicyclic) bond motifs is 1. The Morgan fingerprint density at radius 2 is 1.50 bits per heavy atom. The molecule has 2 nitrogen and oxygen atoms in total. The Labute approximate surface area is 131 Å². The number of aliphatic imine (C=N–C) groups is 1. The van der Waals surface area contributed by atoms with E-state index >= 15 is 0 Å². The average Bonchev–Trinajstić information content (AvgIpc) is 2.62. The van der Waals surface area contributed by atoms with Gasteiger partial charge in [-0.05, 0) is 30.5 Å². The van der Waals surface area contributed by atoms with Crippen LogP contribution in [0.5, 0.6) is 0 Å². The van der Waals surface area contributed by atoms with Crippen molar-refractivity contribution in [2.45, 2.75) is 37.8 Å². The van der Waals surface area contributed by atoms with Gasteiger partial charge < -0.3 is 4.74 Å². The van der Waals surface area contributed by atoms with Gasteiger partial charge in [0.05, 0.1) is 6.04 Å². The predicted octanol–water partition coefficient (Wildman–Crippen LogP) is 4.76. The van der Waals surface area contributed by atoms with Crippen LogP contribution in [0.25, 0.3) is 0 Å². The number of rotatable bonds is 2. The molecule has 1 aliphatic heterocycles. The van der Waals surface area contributed by atoms with E-state index in [4.69, 9.17) is 9.73 Å². The number of hydrogen-bond donors (Lipinski definition) is 0. The maximum Gasteiger partial charge on any atom is 0.216 e. The lowest BCUT2D eigenvalue weighted by Gasteiger charge is -2.39. The molecule has 0 N–H and O–H groups in total. The standard InChI is InChI=1S/C20H21NO/c1-3-9-15(10-4-1)19-17-13-7-8-14-18(17)21-20(22-19)16-11-5-2-6-12-16/h1-6,9-12,17-19H,7-8,13-14H2/t17-,18-,19-/m1/s1. The average molecular weight is 291 g/mol. The first kappa shape index (κ1) is 13.6. The van der Waals surface area contributed by atoms with Crippen molar-refractivity contribution in [1.29, 1.82) is 0 Å². The number of benzene rings is 2. The van der Waals surface area contributed by atoms with Crippen LogP contribution in [0.1, 0.15) is 42.9 Å². The molecule has 2 aromatic carbocycles. The lowest BCUT2D eigenvalue weighted by Crippen LogP contribution is -2.36. The van der Waals surface area contributed by atoms with Crippen LogP contribution in [0.4, 0.5) is 0 Å². The zero-order valence-electron chi connectivity index (χ0n) is 12.7. The summed E-state index contributed by atoms with van der Waals surface area (Å²) in [6.45, 7) is 0. The molecular weight excluding hydrogens is 270 g/mol. The van der Waals surface area contributed by atoms with Crippen molar-refractivity contribution < 1.29 is 4.74 Å². The summed E-state index contributed by atoms with van der Waals surface area (Å²) in [6.07, 6.45) is 5.13. The first-order chi connectivity index (χ1) is 10.9. The minimum Gasteiger partial charge on any atom is -0.469 e. The molecule has 0 amide bonds. The molecule has 3 atom stereocenters. The third-order valence-electron chi connectivity index (χ3n) is 4.84. The molecule has 0 spiro atoms. The maximum atomic E-state index is 6.38. The molecule has 0 unspecified atom stereocenters. The second-order valence-electron chi connectivity index (χ2n) is 6.27. The first-order valence-corrected chi connectivity index (χ1v) is 8.26. The lowest BCUT2D eigenvalue weighted by atomic mass is 9.78. The second-order valence-corrected chi connectivity index (χ2v) is 6.27. The van der Waals surface area contributed by atoms with Crippen LogP contribution in [-0.4, -0.2) is 11.9 Å². The summed E-state index contributed by atoms with van der Waals surface area (Å²) < 4.78 is 6.38. The van der Waals surface area contributed by atoms with Crippen molar-refractivity contribution in [3.05, 3.63) is 71.8 Å². The molecule has 1 saturated carbocycles. The fourth-order valence-electron chi connectivity index (χ4n) is 3.72. The number of hydrogen-bond acceptors (Lipinski definition) is 2. The van der Waals surface area contributed by atoms with E-state index in [1.165, 1.54) is 31.2 Å². The molecule has 0 radical (unpaired) electrons.